The fourth-order valence-corrected chi connectivity index (χ4v) is 4.78. The van der Waals surface area contributed by atoms with Crippen LogP contribution in [0.1, 0.15) is 58.8 Å². The van der Waals surface area contributed by atoms with Crippen molar-refractivity contribution >= 4 is 14.3 Å². The number of amides is 1. The summed E-state index contributed by atoms with van der Waals surface area (Å²) in [4.78, 5) is 14.9. The van der Waals surface area contributed by atoms with Crippen LogP contribution < -0.4 is 0 Å². The third kappa shape index (κ3) is 2.00. The van der Waals surface area contributed by atoms with Gasteiger partial charge in [-0.05, 0) is 51.4 Å². The predicted molar refractivity (Wildman–Crippen MR) is 74.3 cm³/mol. The van der Waals surface area contributed by atoms with Crippen LogP contribution in [0.5, 0.6) is 0 Å². The molecular weight excluding hydrogens is 221 g/mol. The molecule has 0 aromatic heterocycles. The van der Waals surface area contributed by atoms with E-state index in [0.29, 0.717) is 23.9 Å². The molecule has 3 radical (unpaired) electrons. The minimum Gasteiger partial charge on any atom is -0.337 e. The summed E-state index contributed by atoms with van der Waals surface area (Å²) in [5.41, 5.74) is 0. The Balaban J connectivity index is 0.00000120. The lowest BCUT2D eigenvalue weighted by Crippen LogP contribution is -2.58. The number of hydrogen-bond donors (Lipinski definition) is 0. The number of likely N-dealkylation sites (tertiary alicyclic amines) is 1. The molecule has 3 rings (SSSR count). The molecule has 3 heteroatoms. The lowest BCUT2D eigenvalue weighted by molar-refractivity contribution is -0.153. The number of carbonyl (C=O) groups is 1. The fourth-order valence-electron chi connectivity index (χ4n) is 4.78. The highest BCUT2D eigenvalue weighted by molar-refractivity contribution is 5.81. The van der Waals surface area contributed by atoms with Crippen LogP contribution in [0.25, 0.3) is 0 Å². The highest BCUT2D eigenvalue weighted by Crippen LogP contribution is 2.49. The predicted octanol–water partition coefficient (Wildman–Crippen LogP) is 2.83. The first-order valence-electron chi connectivity index (χ1n) is 7.52. The van der Waals surface area contributed by atoms with Crippen molar-refractivity contribution in [3.05, 3.63) is 0 Å². The second kappa shape index (κ2) is 5.26. The maximum Gasteiger partial charge on any atom is 0.226 e. The largest absolute Gasteiger partial charge is 0.337 e. The van der Waals surface area contributed by atoms with E-state index in [0.717, 1.165) is 18.3 Å². The van der Waals surface area contributed by atoms with Crippen LogP contribution in [0.3, 0.4) is 0 Å². The standard InChI is InChI=1S/C15H25NO.B/c1-10(2)16-14-9-4-3-6-12(14)11-7-5-8-13(11)15(16)17;/h10-14H,3-9H2,1-2H3;. The zero-order valence-corrected chi connectivity index (χ0v) is 11.8. The van der Waals surface area contributed by atoms with E-state index in [1.165, 1.54) is 38.5 Å². The first-order valence-corrected chi connectivity index (χ1v) is 7.52. The zero-order valence-electron chi connectivity index (χ0n) is 11.8. The summed E-state index contributed by atoms with van der Waals surface area (Å²) in [5, 5.41) is 0. The van der Waals surface area contributed by atoms with Gasteiger partial charge in [-0.1, -0.05) is 19.3 Å². The number of carbonyl (C=O) groups excluding carboxylic acids is 1. The molecule has 0 spiro atoms. The average molecular weight is 246 g/mol. The SMILES string of the molecule is CC(C)N1C(=O)C2CCCC2C2CCCCC21.[B]. The highest BCUT2D eigenvalue weighted by atomic mass is 16.2. The molecule has 0 aromatic carbocycles. The lowest BCUT2D eigenvalue weighted by Gasteiger charge is -2.51. The van der Waals surface area contributed by atoms with Gasteiger partial charge in [0.05, 0.1) is 0 Å². The molecule has 3 fully saturated rings. The molecule has 2 saturated carbocycles. The second-order valence-corrected chi connectivity index (χ2v) is 6.56. The molecule has 1 heterocycles. The van der Waals surface area contributed by atoms with Gasteiger partial charge in [0.1, 0.15) is 0 Å². The van der Waals surface area contributed by atoms with E-state index in [2.05, 4.69) is 18.7 Å². The van der Waals surface area contributed by atoms with Crippen molar-refractivity contribution in [3.8, 4) is 0 Å². The zero-order chi connectivity index (χ0) is 12.0. The summed E-state index contributed by atoms with van der Waals surface area (Å²) in [6.45, 7) is 4.39. The molecule has 18 heavy (non-hydrogen) atoms. The van der Waals surface area contributed by atoms with Crippen LogP contribution in [-0.2, 0) is 4.79 Å². The molecule has 1 saturated heterocycles. The monoisotopic (exact) mass is 246 g/mol. The summed E-state index contributed by atoms with van der Waals surface area (Å²) in [5.74, 6) is 2.45. The van der Waals surface area contributed by atoms with Crippen LogP contribution in [0.2, 0.25) is 0 Å². The molecule has 0 aromatic rings. The van der Waals surface area contributed by atoms with Crippen molar-refractivity contribution in [3.63, 3.8) is 0 Å². The van der Waals surface area contributed by atoms with E-state index >= 15 is 0 Å². The molecule has 0 bridgehead atoms. The van der Waals surface area contributed by atoms with Crippen LogP contribution in [0.4, 0.5) is 0 Å². The minimum atomic E-state index is 0. The molecule has 0 N–H and O–H groups in total. The van der Waals surface area contributed by atoms with Gasteiger partial charge < -0.3 is 4.90 Å². The van der Waals surface area contributed by atoms with Crippen molar-refractivity contribution in [2.24, 2.45) is 17.8 Å². The van der Waals surface area contributed by atoms with Gasteiger partial charge in [-0.3, -0.25) is 4.79 Å². The first kappa shape index (κ1) is 14.0. The van der Waals surface area contributed by atoms with Crippen molar-refractivity contribution in [2.45, 2.75) is 70.9 Å². The lowest BCUT2D eigenvalue weighted by atomic mass is 9.68. The summed E-state index contributed by atoms with van der Waals surface area (Å²) in [6, 6.07) is 0.977. The summed E-state index contributed by atoms with van der Waals surface area (Å²) < 4.78 is 0. The Labute approximate surface area is 113 Å². The number of fused-ring (bicyclic) bond motifs is 3. The Morgan fingerprint density at radius 3 is 2.39 bits per heavy atom. The van der Waals surface area contributed by atoms with Gasteiger partial charge in [0.25, 0.3) is 0 Å². The molecule has 2 nitrogen and oxygen atoms in total. The van der Waals surface area contributed by atoms with E-state index in [1.54, 1.807) is 0 Å². The highest BCUT2D eigenvalue weighted by Gasteiger charge is 2.50. The molecule has 1 aliphatic heterocycles. The summed E-state index contributed by atoms with van der Waals surface area (Å²) in [6.07, 6.45) is 9.13. The average Bonchev–Trinajstić information content (AvgIpc) is 2.78. The normalized spacial score (nSPS) is 39.3. The van der Waals surface area contributed by atoms with Gasteiger partial charge in [0, 0.05) is 26.4 Å². The summed E-state index contributed by atoms with van der Waals surface area (Å²) >= 11 is 0. The van der Waals surface area contributed by atoms with Crippen molar-refractivity contribution < 1.29 is 4.79 Å². The minimum absolute atomic E-state index is 0. The van der Waals surface area contributed by atoms with Gasteiger partial charge in [0.15, 0.2) is 0 Å². The van der Waals surface area contributed by atoms with Crippen LogP contribution >= 0.6 is 0 Å². The van der Waals surface area contributed by atoms with Crippen LogP contribution in [-0.4, -0.2) is 31.3 Å². The van der Waals surface area contributed by atoms with Crippen molar-refractivity contribution in [1.82, 2.24) is 4.90 Å². The van der Waals surface area contributed by atoms with E-state index < -0.39 is 0 Å². The Morgan fingerprint density at radius 1 is 1.00 bits per heavy atom. The Morgan fingerprint density at radius 2 is 1.67 bits per heavy atom. The fraction of sp³-hybridized carbons (Fsp3) is 0.933. The molecule has 2 aliphatic carbocycles. The van der Waals surface area contributed by atoms with E-state index in [9.17, 15) is 4.79 Å². The summed E-state index contributed by atoms with van der Waals surface area (Å²) in [7, 11) is 0. The molecular formula is C15H25BNO. The Hall–Kier alpha value is -0.465. The van der Waals surface area contributed by atoms with E-state index in [-0.39, 0.29) is 8.41 Å². The van der Waals surface area contributed by atoms with Crippen LogP contribution in [0.15, 0.2) is 0 Å². The third-order valence-electron chi connectivity index (χ3n) is 5.39. The smallest absolute Gasteiger partial charge is 0.226 e. The number of hydrogen-bond acceptors (Lipinski definition) is 1. The Kier molecular flexibility index (Phi) is 4.08. The van der Waals surface area contributed by atoms with E-state index in [1.807, 2.05) is 0 Å². The maximum atomic E-state index is 12.6. The van der Waals surface area contributed by atoms with E-state index in [4.69, 9.17) is 0 Å². The first-order chi connectivity index (χ1) is 8.20. The maximum absolute atomic E-state index is 12.6. The number of piperidine rings is 1. The topological polar surface area (TPSA) is 20.3 Å². The van der Waals surface area contributed by atoms with Gasteiger partial charge in [-0.15, -0.1) is 0 Å². The third-order valence-corrected chi connectivity index (χ3v) is 5.39. The van der Waals surface area contributed by atoms with Crippen molar-refractivity contribution in [1.29, 1.82) is 0 Å². The Bertz CT molecular complexity index is 318. The number of nitrogens with zero attached hydrogens (tertiary/aromatic N) is 1. The van der Waals surface area contributed by atoms with Gasteiger partial charge >= 0.3 is 0 Å². The molecule has 4 unspecified atom stereocenters. The molecule has 1 amide bonds. The second-order valence-electron chi connectivity index (χ2n) is 6.56. The molecule has 99 valence electrons. The van der Waals surface area contributed by atoms with Crippen LogP contribution in [0, 0.1) is 17.8 Å². The molecule has 3 aliphatic rings. The van der Waals surface area contributed by atoms with Gasteiger partial charge in [0.2, 0.25) is 5.91 Å². The van der Waals surface area contributed by atoms with Gasteiger partial charge in [-0.2, -0.15) is 0 Å². The van der Waals surface area contributed by atoms with Crippen molar-refractivity contribution in [2.75, 3.05) is 0 Å². The quantitative estimate of drug-likeness (QED) is 0.651. The van der Waals surface area contributed by atoms with Gasteiger partial charge in [-0.25, -0.2) is 0 Å². The molecule has 4 atom stereocenters. The number of rotatable bonds is 1.